The van der Waals surface area contributed by atoms with Crippen molar-refractivity contribution in [3.63, 3.8) is 0 Å². The standard InChI is InChI=1S/C21H28N6O3/c1-25-18-16(7-2-9-22-18)24-19(21(25)30)27-12-3-6-15(14-27)20(29)23-10-5-13-26-11-4-8-17(26)28/h2,7,9,15H,3-6,8,10-14H2,1H3,(H,23,29). The van der Waals surface area contributed by atoms with Gasteiger partial charge in [0.1, 0.15) is 5.52 Å². The number of carbonyl (C=O) groups is 2. The molecule has 0 bridgehead atoms. The molecule has 2 saturated heterocycles. The van der Waals surface area contributed by atoms with Gasteiger partial charge in [-0.25, -0.2) is 9.97 Å². The van der Waals surface area contributed by atoms with Crippen molar-refractivity contribution in [1.29, 1.82) is 0 Å². The minimum atomic E-state index is -0.197. The molecule has 9 heteroatoms. The molecule has 0 radical (unpaired) electrons. The Morgan fingerprint density at radius 2 is 2.13 bits per heavy atom. The van der Waals surface area contributed by atoms with Crippen LogP contribution in [0.3, 0.4) is 0 Å². The number of piperidine rings is 1. The number of nitrogens with zero attached hydrogens (tertiary/aromatic N) is 5. The first-order valence-electron chi connectivity index (χ1n) is 10.7. The SMILES string of the molecule is Cn1c(=O)c(N2CCCC(C(=O)NCCCN3CCCC3=O)C2)nc2cccnc21. The van der Waals surface area contributed by atoms with Gasteiger partial charge in [-0.2, -0.15) is 0 Å². The van der Waals surface area contributed by atoms with Crippen LogP contribution in [0.4, 0.5) is 5.82 Å². The molecule has 2 amide bonds. The highest BCUT2D eigenvalue weighted by atomic mass is 16.2. The number of aryl methyl sites for hydroxylation is 1. The summed E-state index contributed by atoms with van der Waals surface area (Å²) < 4.78 is 1.51. The Kier molecular flexibility index (Phi) is 5.96. The van der Waals surface area contributed by atoms with Crippen molar-refractivity contribution in [2.75, 3.05) is 37.6 Å². The average Bonchev–Trinajstić information content (AvgIpc) is 3.18. The maximum atomic E-state index is 12.8. The van der Waals surface area contributed by atoms with Crippen LogP contribution in [-0.4, -0.2) is 64.0 Å². The number of likely N-dealkylation sites (tertiary alicyclic amines) is 1. The third-order valence-electron chi connectivity index (χ3n) is 5.97. The van der Waals surface area contributed by atoms with Crippen LogP contribution >= 0.6 is 0 Å². The molecule has 2 aromatic heterocycles. The van der Waals surface area contributed by atoms with Gasteiger partial charge in [-0.1, -0.05) is 0 Å². The van der Waals surface area contributed by atoms with Gasteiger partial charge >= 0.3 is 0 Å². The average molecular weight is 412 g/mol. The molecular formula is C21H28N6O3. The zero-order valence-corrected chi connectivity index (χ0v) is 17.3. The number of pyridine rings is 1. The molecule has 2 aliphatic rings. The molecule has 0 saturated carbocycles. The van der Waals surface area contributed by atoms with E-state index in [-0.39, 0.29) is 23.3 Å². The molecule has 2 fully saturated rings. The van der Waals surface area contributed by atoms with E-state index in [4.69, 9.17) is 0 Å². The molecule has 160 valence electrons. The molecule has 1 unspecified atom stereocenters. The molecule has 4 rings (SSSR count). The third-order valence-corrected chi connectivity index (χ3v) is 5.97. The molecule has 30 heavy (non-hydrogen) atoms. The van der Waals surface area contributed by atoms with Crippen LogP contribution in [0.25, 0.3) is 11.2 Å². The number of nitrogens with one attached hydrogen (secondary N) is 1. The van der Waals surface area contributed by atoms with Crippen LogP contribution in [0.5, 0.6) is 0 Å². The molecule has 2 aromatic rings. The van der Waals surface area contributed by atoms with Gasteiger partial charge in [0.15, 0.2) is 11.5 Å². The van der Waals surface area contributed by atoms with Crippen LogP contribution in [0, 0.1) is 5.92 Å². The highest BCUT2D eigenvalue weighted by Gasteiger charge is 2.28. The van der Waals surface area contributed by atoms with E-state index in [1.807, 2.05) is 15.9 Å². The Labute approximate surface area is 175 Å². The highest BCUT2D eigenvalue weighted by Crippen LogP contribution is 2.21. The Bertz CT molecular complexity index is 1000. The fourth-order valence-corrected chi connectivity index (χ4v) is 4.30. The minimum Gasteiger partial charge on any atom is -0.356 e. The van der Waals surface area contributed by atoms with E-state index in [9.17, 15) is 14.4 Å². The number of aromatic nitrogens is 3. The van der Waals surface area contributed by atoms with Crippen molar-refractivity contribution in [2.45, 2.75) is 32.1 Å². The quantitative estimate of drug-likeness (QED) is 0.700. The van der Waals surface area contributed by atoms with Crippen molar-refractivity contribution in [2.24, 2.45) is 13.0 Å². The normalized spacial score (nSPS) is 19.5. The lowest BCUT2D eigenvalue weighted by Gasteiger charge is -2.32. The molecular weight excluding hydrogens is 384 g/mol. The third kappa shape index (κ3) is 4.15. The summed E-state index contributed by atoms with van der Waals surface area (Å²) in [7, 11) is 1.70. The van der Waals surface area contributed by atoms with Crippen LogP contribution in [0.2, 0.25) is 0 Å². The Morgan fingerprint density at radius 3 is 2.93 bits per heavy atom. The van der Waals surface area contributed by atoms with E-state index in [2.05, 4.69) is 15.3 Å². The summed E-state index contributed by atoms with van der Waals surface area (Å²) in [4.78, 5) is 49.7. The number of carbonyl (C=O) groups excluding carboxylic acids is 2. The van der Waals surface area contributed by atoms with Crippen molar-refractivity contribution in [3.05, 3.63) is 28.7 Å². The summed E-state index contributed by atoms with van der Waals surface area (Å²) in [5.41, 5.74) is 1.02. The molecule has 0 spiro atoms. The number of anilines is 1. The molecule has 1 N–H and O–H groups in total. The van der Waals surface area contributed by atoms with Crippen LogP contribution < -0.4 is 15.8 Å². The van der Waals surface area contributed by atoms with E-state index in [0.717, 1.165) is 32.2 Å². The molecule has 1 atom stereocenters. The van der Waals surface area contributed by atoms with Crippen LogP contribution in [-0.2, 0) is 16.6 Å². The number of fused-ring (bicyclic) bond motifs is 1. The topological polar surface area (TPSA) is 100 Å². The van der Waals surface area contributed by atoms with Gasteiger partial charge in [0.2, 0.25) is 11.8 Å². The maximum absolute atomic E-state index is 12.8. The van der Waals surface area contributed by atoms with Gasteiger partial charge in [-0.15, -0.1) is 0 Å². The minimum absolute atomic E-state index is 0.00623. The largest absolute Gasteiger partial charge is 0.356 e. The second-order valence-corrected chi connectivity index (χ2v) is 8.06. The van der Waals surface area contributed by atoms with Crippen molar-refractivity contribution >= 4 is 28.8 Å². The van der Waals surface area contributed by atoms with Gasteiger partial charge in [0.05, 0.1) is 5.92 Å². The predicted octanol–water partition coefficient (Wildman–Crippen LogP) is 0.674. The fourth-order valence-electron chi connectivity index (χ4n) is 4.30. The zero-order valence-electron chi connectivity index (χ0n) is 17.3. The molecule has 0 aromatic carbocycles. The van der Waals surface area contributed by atoms with Gasteiger partial charge in [0, 0.05) is 52.4 Å². The number of hydrogen-bond donors (Lipinski definition) is 1. The monoisotopic (exact) mass is 412 g/mol. The van der Waals surface area contributed by atoms with E-state index >= 15 is 0 Å². The molecule has 9 nitrogen and oxygen atoms in total. The van der Waals surface area contributed by atoms with Gasteiger partial charge < -0.3 is 15.1 Å². The molecule has 4 heterocycles. The van der Waals surface area contributed by atoms with Crippen molar-refractivity contribution in [3.8, 4) is 0 Å². The predicted molar refractivity (Wildman–Crippen MR) is 113 cm³/mol. The smallest absolute Gasteiger partial charge is 0.294 e. The second kappa shape index (κ2) is 8.81. The summed E-state index contributed by atoms with van der Waals surface area (Å²) in [6.07, 6.45) is 5.60. The molecule has 0 aliphatic carbocycles. The molecule has 2 aliphatic heterocycles. The Morgan fingerprint density at radius 1 is 1.27 bits per heavy atom. The van der Waals surface area contributed by atoms with E-state index in [1.54, 1.807) is 19.3 Å². The van der Waals surface area contributed by atoms with E-state index < -0.39 is 0 Å². The van der Waals surface area contributed by atoms with Gasteiger partial charge in [-0.3, -0.25) is 19.0 Å². The van der Waals surface area contributed by atoms with Crippen LogP contribution in [0.15, 0.2) is 23.1 Å². The van der Waals surface area contributed by atoms with Crippen LogP contribution in [0.1, 0.15) is 32.1 Å². The summed E-state index contributed by atoms with van der Waals surface area (Å²) in [5.74, 6) is 0.418. The lowest BCUT2D eigenvalue weighted by atomic mass is 9.97. The number of rotatable bonds is 6. The Balaban J connectivity index is 1.37. The maximum Gasteiger partial charge on any atom is 0.294 e. The summed E-state index contributed by atoms with van der Waals surface area (Å²) >= 11 is 0. The van der Waals surface area contributed by atoms with E-state index in [1.165, 1.54) is 4.57 Å². The van der Waals surface area contributed by atoms with Crippen molar-refractivity contribution in [1.82, 2.24) is 24.8 Å². The summed E-state index contributed by atoms with van der Waals surface area (Å²) in [5, 5.41) is 3.00. The van der Waals surface area contributed by atoms with Crippen molar-refractivity contribution < 1.29 is 9.59 Å². The lowest BCUT2D eigenvalue weighted by molar-refractivity contribution is -0.127. The zero-order chi connectivity index (χ0) is 21.1. The highest BCUT2D eigenvalue weighted by molar-refractivity contribution is 5.80. The number of hydrogen-bond acceptors (Lipinski definition) is 6. The first kappa shape index (κ1) is 20.3. The van der Waals surface area contributed by atoms with E-state index in [0.29, 0.717) is 49.6 Å². The summed E-state index contributed by atoms with van der Waals surface area (Å²) in [6, 6.07) is 3.64. The first-order valence-corrected chi connectivity index (χ1v) is 10.7. The van der Waals surface area contributed by atoms with Gasteiger partial charge in [0.25, 0.3) is 5.56 Å². The first-order chi connectivity index (χ1) is 14.5. The van der Waals surface area contributed by atoms with Gasteiger partial charge in [-0.05, 0) is 37.8 Å². The summed E-state index contributed by atoms with van der Waals surface area (Å²) in [6.45, 7) is 3.26. The number of amides is 2. The fraction of sp³-hybridized carbons (Fsp3) is 0.571. The second-order valence-electron chi connectivity index (χ2n) is 8.06. The Hall–Kier alpha value is -2.97. The lowest BCUT2D eigenvalue weighted by Crippen LogP contribution is -2.46.